The molecule has 3 nitrogen and oxygen atoms in total. The molecule has 0 bridgehead atoms. The standard InChI is InChI=1S/C16H27N3/c1-13(2)19-11-9-14(10-12-19)17-15-7-5-6-8-16(15)18(3)4/h5-8,13-14,17H,9-12H2,1-4H3. The van der Waals surface area contributed by atoms with E-state index in [1.54, 1.807) is 0 Å². The van der Waals surface area contributed by atoms with Crippen LogP contribution in [0.15, 0.2) is 24.3 Å². The zero-order valence-electron chi connectivity index (χ0n) is 12.7. The molecule has 0 radical (unpaired) electrons. The van der Waals surface area contributed by atoms with Gasteiger partial charge in [0, 0.05) is 39.3 Å². The highest BCUT2D eigenvalue weighted by Gasteiger charge is 2.21. The first-order valence-electron chi connectivity index (χ1n) is 7.35. The van der Waals surface area contributed by atoms with Gasteiger partial charge in [-0.1, -0.05) is 12.1 Å². The first kappa shape index (κ1) is 14.2. The molecule has 1 saturated heterocycles. The van der Waals surface area contributed by atoms with Crippen molar-refractivity contribution in [2.75, 3.05) is 37.4 Å². The molecule has 2 rings (SSSR count). The minimum Gasteiger partial charge on any atom is -0.381 e. The molecule has 3 heteroatoms. The van der Waals surface area contributed by atoms with Crippen molar-refractivity contribution in [3.8, 4) is 0 Å². The van der Waals surface area contributed by atoms with E-state index in [2.05, 4.69) is 67.3 Å². The van der Waals surface area contributed by atoms with E-state index in [4.69, 9.17) is 0 Å². The van der Waals surface area contributed by atoms with Gasteiger partial charge in [0.15, 0.2) is 0 Å². The second kappa shape index (κ2) is 6.29. The number of hydrogen-bond donors (Lipinski definition) is 1. The van der Waals surface area contributed by atoms with Gasteiger partial charge in [-0.05, 0) is 38.8 Å². The van der Waals surface area contributed by atoms with Crippen molar-refractivity contribution in [2.45, 2.75) is 38.8 Å². The van der Waals surface area contributed by atoms with E-state index < -0.39 is 0 Å². The Morgan fingerprint density at radius 1 is 1.16 bits per heavy atom. The quantitative estimate of drug-likeness (QED) is 0.899. The normalized spacial score (nSPS) is 17.7. The molecular formula is C16H27N3. The molecule has 1 heterocycles. The van der Waals surface area contributed by atoms with Crippen LogP contribution < -0.4 is 10.2 Å². The van der Waals surface area contributed by atoms with Crippen LogP contribution in [0.3, 0.4) is 0 Å². The molecule has 1 aromatic rings. The monoisotopic (exact) mass is 261 g/mol. The number of anilines is 2. The van der Waals surface area contributed by atoms with Crippen molar-refractivity contribution in [3.05, 3.63) is 24.3 Å². The third-order valence-electron chi connectivity index (χ3n) is 4.01. The summed E-state index contributed by atoms with van der Waals surface area (Å²) in [6.07, 6.45) is 2.47. The molecule has 1 N–H and O–H groups in total. The van der Waals surface area contributed by atoms with Crippen molar-refractivity contribution in [3.63, 3.8) is 0 Å². The molecule has 106 valence electrons. The molecule has 0 aliphatic carbocycles. The van der Waals surface area contributed by atoms with Crippen LogP contribution in [0, 0.1) is 0 Å². The summed E-state index contributed by atoms with van der Waals surface area (Å²) in [6.45, 7) is 6.99. The van der Waals surface area contributed by atoms with Crippen LogP contribution in [-0.2, 0) is 0 Å². The van der Waals surface area contributed by atoms with Crippen molar-refractivity contribution in [2.24, 2.45) is 0 Å². The van der Waals surface area contributed by atoms with Crippen molar-refractivity contribution < 1.29 is 0 Å². The van der Waals surface area contributed by atoms with Crippen LogP contribution in [0.5, 0.6) is 0 Å². The summed E-state index contributed by atoms with van der Waals surface area (Å²) in [5, 5.41) is 3.72. The molecule has 1 fully saturated rings. The van der Waals surface area contributed by atoms with E-state index in [0.29, 0.717) is 12.1 Å². The molecule has 0 atom stereocenters. The summed E-state index contributed by atoms with van der Waals surface area (Å²) < 4.78 is 0. The van der Waals surface area contributed by atoms with E-state index >= 15 is 0 Å². The number of rotatable bonds is 4. The topological polar surface area (TPSA) is 18.5 Å². The highest BCUT2D eigenvalue weighted by Crippen LogP contribution is 2.26. The Hall–Kier alpha value is -1.22. The van der Waals surface area contributed by atoms with E-state index in [1.807, 2.05) is 0 Å². The van der Waals surface area contributed by atoms with Gasteiger partial charge in [-0.15, -0.1) is 0 Å². The van der Waals surface area contributed by atoms with Crippen LogP contribution in [-0.4, -0.2) is 44.2 Å². The molecule has 0 spiro atoms. The highest BCUT2D eigenvalue weighted by atomic mass is 15.2. The van der Waals surface area contributed by atoms with E-state index in [9.17, 15) is 0 Å². The van der Waals surface area contributed by atoms with Gasteiger partial charge >= 0.3 is 0 Å². The summed E-state index contributed by atoms with van der Waals surface area (Å²) >= 11 is 0. The summed E-state index contributed by atoms with van der Waals surface area (Å²) in [4.78, 5) is 4.74. The lowest BCUT2D eigenvalue weighted by molar-refractivity contribution is 0.177. The second-order valence-electron chi connectivity index (χ2n) is 5.96. The second-order valence-corrected chi connectivity index (χ2v) is 5.96. The van der Waals surface area contributed by atoms with Gasteiger partial charge in [-0.2, -0.15) is 0 Å². The minimum absolute atomic E-state index is 0.608. The van der Waals surface area contributed by atoms with Crippen LogP contribution in [0.1, 0.15) is 26.7 Å². The van der Waals surface area contributed by atoms with Crippen LogP contribution >= 0.6 is 0 Å². The van der Waals surface area contributed by atoms with Crippen molar-refractivity contribution in [1.29, 1.82) is 0 Å². The van der Waals surface area contributed by atoms with Crippen molar-refractivity contribution >= 4 is 11.4 Å². The van der Waals surface area contributed by atoms with Crippen LogP contribution in [0.4, 0.5) is 11.4 Å². The van der Waals surface area contributed by atoms with Gasteiger partial charge in [0.1, 0.15) is 0 Å². The largest absolute Gasteiger partial charge is 0.381 e. The van der Waals surface area contributed by atoms with E-state index in [0.717, 1.165) is 0 Å². The van der Waals surface area contributed by atoms with Gasteiger partial charge in [-0.3, -0.25) is 0 Å². The molecular weight excluding hydrogens is 234 g/mol. The Morgan fingerprint density at radius 2 is 1.79 bits per heavy atom. The summed E-state index contributed by atoms with van der Waals surface area (Å²) in [6, 6.07) is 9.85. The lowest BCUT2D eigenvalue weighted by Gasteiger charge is -2.35. The molecule has 0 amide bonds. The fourth-order valence-corrected chi connectivity index (χ4v) is 2.77. The molecule has 1 aromatic carbocycles. The zero-order valence-corrected chi connectivity index (χ0v) is 12.7. The lowest BCUT2D eigenvalue weighted by Crippen LogP contribution is -2.42. The Labute approximate surface area is 117 Å². The number of hydrogen-bond acceptors (Lipinski definition) is 3. The molecule has 1 aliphatic heterocycles. The van der Waals surface area contributed by atoms with Gasteiger partial charge in [-0.25, -0.2) is 0 Å². The van der Waals surface area contributed by atoms with Crippen molar-refractivity contribution in [1.82, 2.24) is 4.90 Å². The summed E-state index contributed by atoms with van der Waals surface area (Å²) in [7, 11) is 4.20. The van der Waals surface area contributed by atoms with E-state index in [1.165, 1.54) is 37.3 Å². The van der Waals surface area contributed by atoms with Gasteiger partial charge in [0.05, 0.1) is 11.4 Å². The number of nitrogens with one attached hydrogen (secondary N) is 1. The number of para-hydroxylation sites is 2. The molecule has 0 saturated carbocycles. The predicted octanol–water partition coefficient (Wildman–Crippen LogP) is 3.04. The summed E-state index contributed by atoms with van der Waals surface area (Å²) in [5.41, 5.74) is 2.53. The first-order chi connectivity index (χ1) is 9.08. The zero-order chi connectivity index (χ0) is 13.8. The number of likely N-dealkylation sites (tertiary alicyclic amines) is 1. The average Bonchev–Trinajstić information content (AvgIpc) is 2.39. The van der Waals surface area contributed by atoms with Gasteiger partial charge < -0.3 is 15.1 Å². The Bertz CT molecular complexity index is 393. The predicted molar refractivity (Wildman–Crippen MR) is 84.1 cm³/mol. The Kier molecular flexibility index (Phi) is 4.70. The molecule has 19 heavy (non-hydrogen) atoms. The number of nitrogens with zero attached hydrogens (tertiary/aromatic N) is 2. The van der Waals surface area contributed by atoms with Crippen LogP contribution in [0.2, 0.25) is 0 Å². The highest BCUT2D eigenvalue weighted by molar-refractivity contribution is 5.69. The van der Waals surface area contributed by atoms with E-state index in [-0.39, 0.29) is 0 Å². The Morgan fingerprint density at radius 3 is 2.37 bits per heavy atom. The Balaban J connectivity index is 1.96. The number of benzene rings is 1. The maximum Gasteiger partial charge on any atom is 0.0596 e. The fourth-order valence-electron chi connectivity index (χ4n) is 2.77. The molecule has 1 aliphatic rings. The lowest BCUT2D eigenvalue weighted by atomic mass is 10.0. The summed E-state index contributed by atoms with van der Waals surface area (Å²) in [5.74, 6) is 0. The third-order valence-corrected chi connectivity index (χ3v) is 4.01. The van der Waals surface area contributed by atoms with Gasteiger partial charge in [0.2, 0.25) is 0 Å². The molecule has 0 unspecified atom stereocenters. The smallest absolute Gasteiger partial charge is 0.0596 e. The average molecular weight is 261 g/mol. The maximum atomic E-state index is 3.72. The fraction of sp³-hybridized carbons (Fsp3) is 0.625. The SMILES string of the molecule is CC(C)N1CCC(Nc2ccccc2N(C)C)CC1. The maximum absolute atomic E-state index is 3.72. The van der Waals surface area contributed by atoms with Gasteiger partial charge in [0.25, 0.3) is 0 Å². The third kappa shape index (κ3) is 3.63. The van der Waals surface area contributed by atoms with Crippen LogP contribution in [0.25, 0.3) is 0 Å². The minimum atomic E-state index is 0.608. The molecule has 0 aromatic heterocycles. The number of piperidine rings is 1. The first-order valence-corrected chi connectivity index (χ1v) is 7.35.